The molecule has 2 heteroatoms. The summed E-state index contributed by atoms with van der Waals surface area (Å²) < 4.78 is 0. The Morgan fingerprint density at radius 3 is 2.05 bits per heavy atom. The number of hydrogen-bond acceptors (Lipinski definition) is 2. The van der Waals surface area contributed by atoms with Crippen molar-refractivity contribution in [3.8, 4) is 0 Å². The predicted molar refractivity (Wildman–Crippen MR) is 88.8 cm³/mol. The summed E-state index contributed by atoms with van der Waals surface area (Å²) in [6, 6.07) is 8.93. The van der Waals surface area contributed by atoms with Crippen molar-refractivity contribution in [2.24, 2.45) is 0 Å². The fourth-order valence-electron chi connectivity index (χ4n) is 1.74. The summed E-state index contributed by atoms with van der Waals surface area (Å²) in [6.07, 6.45) is 3.68. The van der Waals surface area contributed by atoms with Gasteiger partial charge in [-0.1, -0.05) is 51.5 Å². The summed E-state index contributed by atoms with van der Waals surface area (Å²) in [6.45, 7) is 9.74. The highest BCUT2D eigenvalue weighted by Crippen LogP contribution is 2.07. The lowest BCUT2D eigenvalue weighted by atomic mass is 10.1. The molecule has 1 rings (SSSR count). The van der Waals surface area contributed by atoms with Crippen LogP contribution in [0.5, 0.6) is 0 Å². The van der Waals surface area contributed by atoms with E-state index < -0.39 is 0 Å². The Balaban J connectivity index is 0. The fourth-order valence-corrected chi connectivity index (χ4v) is 1.74. The molecule has 0 radical (unpaired) electrons. The van der Waals surface area contributed by atoms with E-state index in [4.69, 9.17) is 0 Å². The highest BCUT2D eigenvalue weighted by Gasteiger charge is 1.97. The average Bonchev–Trinajstić information content (AvgIpc) is 2.42. The maximum Gasteiger partial charge on any atom is 0.0202 e. The van der Waals surface area contributed by atoms with Gasteiger partial charge in [-0.3, -0.25) is 0 Å². The van der Waals surface area contributed by atoms with Crippen molar-refractivity contribution >= 4 is 0 Å². The summed E-state index contributed by atoms with van der Waals surface area (Å²) >= 11 is 0. The third kappa shape index (κ3) is 9.69. The van der Waals surface area contributed by atoms with Gasteiger partial charge in [0.05, 0.1) is 0 Å². The monoisotopic (exact) mass is 266 g/mol. The molecule has 0 amide bonds. The molecule has 0 saturated heterocycles. The van der Waals surface area contributed by atoms with Crippen molar-refractivity contribution in [3.63, 3.8) is 0 Å². The molecule has 0 spiro atoms. The van der Waals surface area contributed by atoms with Crippen molar-refractivity contribution < 1.29 is 1.43 Å². The standard InChI is InChI=1S/C14H24N2.C3H8.H2/c1-4-16(3)11-5-6-13-7-9-14(10-8-13)12-15-2;1-3-2;/h7-10,15H,4-6,11-12H2,1-3H3;3H2,1-2H3;1H. The van der Waals surface area contributed by atoms with Gasteiger partial charge in [0.1, 0.15) is 0 Å². The van der Waals surface area contributed by atoms with E-state index in [-0.39, 0.29) is 1.43 Å². The topological polar surface area (TPSA) is 15.3 Å². The maximum atomic E-state index is 3.16. The minimum Gasteiger partial charge on any atom is -0.316 e. The third-order valence-corrected chi connectivity index (χ3v) is 2.95. The molecule has 1 aromatic rings. The van der Waals surface area contributed by atoms with E-state index >= 15 is 0 Å². The molecule has 19 heavy (non-hydrogen) atoms. The normalized spacial score (nSPS) is 10.2. The van der Waals surface area contributed by atoms with Crippen LogP contribution in [0.25, 0.3) is 0 Å². The minimum absolute atomic E-state index is 0. The summed E-state index contributed by atoms with van der Waals surface area (Å²) in [5.41, 5.74) is 2.81. The average molecular weight is 266 g/mol. The lowest BCUT2D eigenvalue weighted by Crippen LogP contribution is -2.19. The molecular weight excluding hydrogens is 232 g/mol. The first-order valence-corrected chi connectivity index (χ1v) is 7.58. The fraction of sp³-hybridized carbons (Fsp3) is 0.647. The Labute approximate surface area is 121 Å². The van der Waals surface area contributed by atoms with Gasteiger partial charge in [0.25, 0.3) is 0 Å². The van der Waals surface area contributed by atoms with E-state index in [1.54, 1.807) is 0 Å². The Kier molecular flexibility index (Phi) is 11.6. The van der Waals surface area contributed by atoms with Crippen molar-refractivity contribution in [3.05, 3.63) is 35.4 Å². The van der Waals surface area contributed by atoms with Gasteiger partial charge in [-0.25, -0.2) is 0 Å². The largest absolute Gasteiger partial charge is 0.316 e. The molecule has 1 aromatic carbocycles. The van der Waals surface area contributed by atoms with Crippen LogP contribution in [0.15, 0.2) is 24.3 Å². The first-order chi connectivity index (χ1) is 9.17. The molecule has 2 nitrogen and oxygen atoms in total. The molecule has 112 valence electrons. The van der Waals surface area contributed by atoms with Crippen LogP contribution >= 0.6 is 0 Å². The first kappa shape index (κ1) is 18.1. The summed E-state index contributed by atoms with van der Waals surface area (Å²) in [5, 5.41) is 3.16. The zero-order valence-corrected chi connectivity index (χ0v) is 13.5. The second kappa shape index (κ2) is 12.2. The molecule has 0 heterocycles. The maximum absolute atomic E-state index is 3.16. The van der Waals surface area contributed by atoms with Crippen LogP contribution < -0.4 is 5.32 Å². The second-order valence-corrected chi connectivity index (χ2v) is 5.05. The van der Waals surface area contributed by atoms with E-state index in [1.165, 1.54) is 36.9 Å². The van der Waals surface area contributed by atoms with Crippen LogP contribution in [0.1, 0.15) is 46.2 Å². The molecule has 0 saturated carbocycles. The van der Waals surface area contributed by atoms with E-state index in [9.17, 15) is 0 Å². The molecule has 0 bridgehead atoms. The van der Waals surface area contributed by atoms with Gasteiger partial charge in [-0.15, -0.1) is 0 Å². The highest BCUT2D eigenvalue weighted by molar-refractivity contribution is 5.22. The molecule has 0 unspecified atom stereocenters. The molecule has 0 aromatic heterocycles. The van der Waals surface area contributed by atoms with Crippen LogP contribution in [0, 0.1) is 0 Å². The van der Waals surface area contributed by atoms with Gasteiger partial charge < -0.3 is 10.2 Å². The molecule has 0 aliphatic carbocycles. The van der Waals surface area contributed by atoms with Crippen molar-refractivity contribution in [1.82, 2.24) is 10.2 Å². The summed E-state index contributed by atoms with van der Waals surface area (Å²) in [7, 11) is 4.16. The van der Waals surface area contributed by atoms with Gasteiger partial charge in [0.2, 0.25) is 0 Å². The zero-order valence-electron chi connectivity index (χ0n) is 13.5. The van der Waals surface area contributed by atoms with Crippen molar-refractivity contribution in [1.29, 1.82) is 0 Å². The van der Waals surface area contributed by atoms with Crippen LogP contribution in [0.3, 0.4) is 0 Å². The third-order valence-electron chi connectivity index (χ3n) is 2.95. The second-order valence-electron chi connectivity index (χ2n) is 5.05. The minimum atomic E-state index is 0. The number of rotatable bonds is 7. The Hall–Kier alpha value is -0.860. The van der Waals surface area contributed by atoms with Crippen LogP contribution in [0.2, 0.25) is 0 Å². The quantitative estimate of drug-likeness (QED) is 0.804. The highest BCUT2D eigenvalue weighted by atomic mass is 15.1. The van der Waals surface area contributed by atoms with Gasteiger partial charge in [0.15, 0.2) is 0 Å². The summed E-state index contributed by atoms with van der Waals surface area (Å²) in [4.78, 5) is 2.36. The zero-order chi connectivity index (χ0) is 14.5. The SMILES string of the molecule is CCC.CCN(C)CCCc1ccc(CNC)cc1.[HH]. The number of nitrogens with one attached hydrogen (secondary N) is 1. The van der Waals surface area contributed by atoms with Gasteiger partial charge in [-0.05, 0) is 51.2 Å². The molecule has 0 aliphatic heterocycles. The first-order valence-electron chi connectivity index (χ1n) is 7.58. The van der Waals surface area contributed by atoms with Gasteiger partial charge in [0, 0.05) is 7.97 Å². The van der Waals surface area contributed by atoms with Crippen molar-refractivity contribution in [2.75, 3.05) is 27.2 Å². The lowest BCUT2D eigenvalue weighted by Gasteiger charge is -2.13. The van der Waals surface area contributed by atoms with Gasteiger partial charge in [-0.2, -0.15) is 0 Å². The molecule has 0 aliphatic rings. The van der Waals surface area contributed by atoms with Crippen LogP contribution in [-0.4, -0.2) is 32.1 Å². The Morgan fingerprint density at radius 2 is 1.58 bits per heavy atom. The smallest absolute Gasteiger partial charge is 0.0202 e. The Bertz CT molecular complexity index is 298. The number of aryl methyl sites for hydroxylation is 1. The van der Waals surface area contributed by atoms with E-state index in [2.05, 4.69) is 62.3 Å². The number of hydrogen-bond donors (Lipinski definition) is 1. The van der Waals surface area contributed by atoms with E-state index in [1.807, 2.05) is 7.05 Å². The summed E-state index contributed by atoms with van der Waals surface area (Å²) in [5.74, 6) is 0. The van der Waals surface area contributed by atoms with Gasteiger partial charge >= 0.3 is 0 Å². The van der Waals surface area contributed by atoms with E-state index in [0.717, 1.165) is 13.1 Å². The number of benzene rings is 1. The van der Waals surface area contributed by atoms with Crippen molar-refractivity contribution in [2.45, 2.75) is 46.6 Å². The molecule has 1 N–H and O–H groups in total. The molecule has 0 atom stereocenters. The Morgan fingerprint density at radius 1 is 1.05 bits per heavy atom. The van der Waals surface area contributed by atoms with Crippen LogP contribution in [-0.2, 0) is 13.0 Å². The lowest BCUT2D eigenvalue weighted by molar-refractivity contribution is 0.347. The number of nitrogens with zero attached hydrogens (tertiary/aromatic N) is 1. The van der Waals surface area contributed by atoms with Crippen LogP contribution in [0.4, 0.5) is 0 Å². The van der Waals surface area contributed by atoms with E-state index in [0.29, 0.717) is 0 Å². The molecule has 0 fully saturated rings. The molecular formula is C17H34N2. The predicted octanol–water partition coefficient (Wildman–Crippen LogP) is 3.95.